The second-order valence-corrected chi connectivity index (χ2v) is 14.7. The molecule has 48 heavy (non-hydrogen) atoms. The van der Waals surface area contributed by atoms with Crippen LogP contribution < -0.4 is 11.5 Å². The molecule has 0 aromatic carbocycles. The van der Waals surface area contributed by atoms with E-state index < -0.39 is 91.7 Å². The van der Waals surface area contributed by atoms with Gasteiger partial charge < -0.3 is 60.7 Å². The van der Waals surface area contributed by atoms with Gasteiger partial charge in [0.25, 0.3) is 0 Å². The van der Waals surface area contributed by atoms with Gasteiger partial charge in [0.05, 0.1) is 26.1 Å². The van der Waals surface area contributed by atoms with Crippen molar-refractivity contribution < 1.29 is 80.7 Å². The highest BCUT2D eigenvalue weighted by Crippen LogP contribution is 2.61. The normalized spacial score (nSPS) is 31.9. The number of carbonyl (C=O) groups excluding carboxylic acids is 1. The van der Waals surface area contributed by atoms with Crippen LogP contribution in [0.5, 0.6) is 0 Å². The van der Waals surface area contributed by atoms with Crippen molar-refractivity contribution in [2.24, 2.45) is 5.73 Å². The molecule has 0 spiro atoms. The zero-order valence-corrected chi connectivity index (χ0v) is 26.8. The van der Waals surface area contributed by atoms with E-state index >= 15 is 0 Å². The number of phosphoric acid groups is 3. The maximum absolute atomic E-state index is 12.6. The van der Waals surface area contributed by atoms with E-state index in [1.165, 1.54) is 23.3 Å². The van der Waals surface area contributed by atoms with Gasteiger partial charge in [0.2, 0.25) is 5.91 Å². The van der Waals surface area contributed by atoms with Crippen molar-refractivity contribution in [3.63, 3.8) is 0 Å². The first-order chi connectivity index (χ1) is 22.4. The summed E-state index contributed by atoms with van der Waals surface area (Å²) in [7, 11) is -16.3. The quantitative estimate of drug-likeness (QED) is 0.0927. The average Bonchev–Trinajstić information content (AvgIpc) is 3.64. The van der Waals surface area contributed by atoms with E-state index in [4.69, 9.17) is 30.0 Å². The number of rotatable bonds is 13. The number of fused-ring (bicyclic) bond motifs is 1. The van der Waals surface area contributed by atoms with Gasteiger partial charge in [-0.05, 0) is 6.08 Å². The van der Waals surface area contributed by atoms with Gasteiger partial charge in [0, 0.05) is 11.8 Å². The van der Waals surface area contributed by atoms with E-state index in [0.29, 0.717) is 0 Å². The molecule has 2 aromatic heterocycles. The molecule has 5 heterocycles. The van der Waals surface area contributed by atoms with Gasteiger partial charge in [-0.15, -0.1) is 0 Å². The van der Waals surface area contributed by atoms with Gasteiger partial charge in [-0.3, -0.25) is 22.9 Å². The summed E-state index contributed by atoms with van der Waals surface area (Å²) in [5, 5.41) is 31.6. The van der Waals surface area contributed by atoms with Crippen LogP contribution in [-0.4, -0.2) is 128 Å². The summed E-state index contributed by atoms with van der Waals surface area (Å²) in [4.78, 5) is 63.5. The minimum atomic E-state index is -5.52. The number of carbonyl (C=O) groups is 1. The smallest absolute Gasteiger partial charge is 0.387 e. The Morgan fingerprint density at radius 2 is 1.56 bits per heavy atom. The molecule has 2 saturated heterocycles. The van der Waals surface area contributed by atoms with Crippen molar-refractivity contribution >= 4 is 46.4 Å². The van der Waals surface area contributed by atoms with Crippen molar-refractivity contribution in [3.8, 4) is 0 Å². The number of aliphatic hydroxyl groups excluding tert-OH is 3. The van der Waals surface area contributed by atoms with E-state index in [9.17, 15) is 53.4 Å². The zero-order valence-electron chi connectivity index (χ0n) is 24.1. The van der Waals surface area contributed by atoms with Crippen LogP contribution in [0.4, 0.5) is 5.82 Å². The SMILES string of the molecule is NC(=O)C1=CC=CN([C@@H]2O[C@H](COP(=O)(O)OP(=O)(O)OC[C@H]3O[C@@H](n4cnc5c(N)ncnc54)C(OP(=O)(O)O)[C@@H]3O)[C@@H](O)[C@H]2O)C1. The van der Waals surface area contributed by atoms with Crippen molar-refractivity contribution in [2.75, 3.05) is 25.5 Å². The largest absolute Gasteiger partial charge is 0.481 e. The number of nitrogens with zero attached hydrogens (tertiary/aromatic N) is 5. The Morgan fingerprint density at radius 3 is 2.19 bits per heavy atom. The second-order valence-electron chi connectivity index (χ2n) is 10.4. The highest BCUT2D eigenvalue weighted by atomic mass is 31.3. The maximum Gasteiger partial charge on any atom is 0.481 e. The van der Waals surface area contributed by atoms with Crippen LogP contribution in [0.2, 0.25) is 0 Å². The standard InChI is InChI=1S/C21H30N7O17P3/c22-17-12-19(25-7-24-17)28(8-26-12)21-16(44-46(33,34)35)14(30)11(43-21)6-41-48(38,39)45-47(36,37)40-5-10-13(29)15(31)20(42-10)27-3-1-2-9(4-27)18(23)32/h1-3,7-8,10-11,13-16,20-21,29-31H,4-6H2,(H2,23,32)(H,36,37)(H,38,39)(H2,22,24,25)(H2,33,34,35)/t10-,11-,13-,14-,15-,16?,20-,21-/m1/s1. The van der Waals surface area contributed by atoms with Crippen molar-refractivity contribution in [1.82, 2.24) is 24.4 Å². The molecule has 3 unspecified atom stereocenters. The summed E-state index contributed by atoms with van der Waals surface area (Å²) in [6, 6.07) is 0. The maximum atomic E-state index is 12.6. The fourth-order valence-electron chi connectivity index (χ4n) is 4.97. The van der Waals surface area contributed by atoms with Crippen LogP contribution in [0, 0.1) is 0 Å². The van der Waals surface area contributed by atoms with Crippen LogP contribution in [0.15, 0.2) is 36.6 Å². The summed E-state index contributed by atoms with van der Waals surface area (Å²) >= 11 is 0. The first kappa shape index (κ1) is 36.5. The Morgan fingerprint density at radius 1 is 0.938 bits per heavy atom. The number of nitrogens with two attached hydrogens (primary N) is 2. The predicted octanol–water partition coefficient (Wildman–Crippen LogP) is -2.92. The highest BCUT2D eigenvalue weighted by Gasteiger charge is 2.51. The molecule has 3 aliphatic rings. The Kier molecular flexibility index (Phi) is 10.6. The second kappa shape index (κ2) is 13.9. The summed E-state index contributed by atoms with van der Waals surface area (Å²) in [6.07, 6.45) is -6.54. The lowest BCUT2D eigenvalue weighted by atomic mass is 10.1. The van der Waals surface area contributed by atoms with Crippen LogP contribution >= 0.6 is 23.5 Å². The molecular formula is C21H30N7O17P3. The minimum absolute atomic E-state index is 0.00459. The first-order valence-corrected chi connectivity index (χ1v) is 18.0. The number of amides is 1. The van der Waals surface area contributed by atoms with Crippen LogP contribution in [0.25, 0.3) is 11.2 Å². The lowest BCUT2D eigenvalue weighted by Crippen LogP contribution is -2.43. The molecule has 1 amide bonds. The van der Waals surface area contributed by atoms with Crippen LogP contribution in [0.1, 0.15) is 6.23 Å². The molecule has 0 radical (unpaired) electrons. The van der Waals surface area contributed by atoms with E-state index in [1.54, 1.807) is 0 Å². The van der Waals surface area contributed by atoms with Crippen molar-refractivity contribution in [2.45, 2.75) is 49.1 Å². The highest BCUT2D eigenvalue weighted by molar-refractivity contribution is 7.61. The number of aliphatic hydroxyl groups is 3. The van der Waals surface area contributed by atoms with Gasteiger partial charge in [-0.2, -0.15) is 4.31 Å². The van der Waals surface area contributed by atoms with Gasteiger partial charge >= 0.3 is 23.5 Å². The molecule has 0 bridgehead atoms. The molecule has 2 fully saturated rings. The third kappa shape index (κ3) is 8.17. The van der Waals surface area contributed by atoms with Gasteiger partial charge in [0.15, 0.2) is 23.9 Å². The number of hydrogen-bond donors (Lipinski definition) is 9. The summed E-state index contributed by atoms with van der Waals surface area (Å²) in [6.45, 7) is -2.10. The Balaban J connectivity index is 1.19. The topological polar surface area (TPSA) is 364 Å². The van der Waals surface area contributed by atoms with E-state index in [1.807, 2.05) is 0 Å². The first-order valence-electron chi connectivity index (χ1n) is 13.5. The molecule has 5 rings (SSSR count). The van der Waals surface area contributed by atoms with Crippen LogP contribution in [-0.2, 0) is 45.8 Å². The van der Waals surface area contributed by atoms with Crippen molar-refractivity contribution in [3.05, 3.63) is 36.6 Å². The third-order valence-corrected chi connectivity index (χ3v) is 10.3. The fraction of sp³-hybridized carbons (Fsp3) is 0.524. The number of anilines is 1. The molecule has 11 N–H and O–H groups in total. The van der Waals surface area contributed by atoms with Gasteiger partial charge in [-0.1, -0.05) is 6.08 Å². The monoisotopic (exact) mass is 745 g/mol. The number of aromatic nitrogens is 4. The molecule has 0 saturated carbocycles. The number of allylic oxidation sites excluding steroid dienone is 2. The molecule has 266 valence electrons. The average molecular weight is 745 g/mol. The minimum Gasteiger partial charge on any atom is -0.387 e. The number of phosphoric ester groups is 3. The number of ether oxygens (including phenoxy) is 2. The summed E-state index contributed by atoms with van der Waals surface area (Å²) in [5.74, 6) is -0.791. The Bertz CT molecular complexity index is 1740. The number of imidazole rings is 1. The molecule has 24 nitrogen and oxygen atoms in total. The lowest BCUT2D eigenvalue weighted by Gasteiger charge is -2.31. The number of primary amides is 1. The number of nitrogen functional groups attached to an aromatic ring is 1. The Labute approximate surface area is 268 Å². The molecule has 2 aromatic rings. The third-order valence-electron chi connectivity index (χ3n) is 7.15. The number of hydrogen-bond acceptors (Lipinski definition) is 18. The van der Waals surface area contributed by atoms with Crippen LogP contribution in [0.3, 0.4) is 0 Å². The molecule has 3 aliphatic heterocycles. The molecule has 0 aliphatic carbocycles. The predicted molar refractivity (Wildman–Crippen MR) is 153 cm³/mol. The summed E-state index contributed by atoms with van der Waals surface area (Å²) in [5.41, 5.74) is 11.3. The molecular weight excluding hydrogens is 715 g/mol. The molecule has 27 heteroatoms. The van der Waals surface area contributed by atoms with E-state index in [0.717, 1.165) is 17.2 Å². The molecule has 10 atom stereocenters. The van der Waals surface area contributed by atoms with E-state index in [-0.39, 0.29) is 29.1 Å². The zero-order chi connectivity index (χ0) is 35.2. The van der Waals surface area contributed by atoms with Gasteiger partial charge in [-0.25, -0.2) is 28.6 Å². The summed E-state index contributed by atoms with van der Waals surface area (Å²) < 4.78 is 67.2. The lowest BCUT2D eigenvalue weighted by molar-refractivity contribution is -0.115. The fourth-order valence-corrected chi connectivity index (χ4v) is 7.61. The Hall–Kier alpha value is -2.73. The van der Waals surface area contributed by atoms with Gasteiger partial charge in [0.1, 0.15) is 48.5 Å². The van der Waals surface area contributed by atoms with E-state index in [2.05, 4.69) is 23.8 Å². The van der Waals surface area contributed by atoms with Crippen molar-refractivity contribution in [1.29, 1.82) is 0 Å².